The molecule has 0 aliphatic carbocycles. The lowest BCUT2D eigenvalue weighted by atomic mass is 10.1. The van der Waals surface area contributed by atoms with Gasteiger partial charge in [-0.25, -0.2) is 13.4 Å². The van der Waals surface area contributed by atoms with Gasteiger partial charge in [-0.1, -0.05) is 18.6 Å². The number of benzene rings is 2. The van der Waals surface area contributed by atoms with Crippen LogP contribution in [0.1, 0.15) is 24.8 Å². The third-order valence-corrected chi connectivity index (χ3v) is 7.14. The molecule has 1 N–H and O–H groups in total. The summed E-state index contributed by atoms with van der Waals surface area (Å²) in [7, 11) is -3.23. The Balaban J connectivity index is 1.38. The molecule has 0 bridgehead atoms. The standard InChI is InChI=1S/C25H27N5O2S/c1-33(31,32)23-10-8-22(9-11-23)30-15-12-20-17-26-25(28-24(20)30)27-21-7-5-6-19(16-21)18-29-13-3-2-4-14-29/h5-12,15-17H,2-4,13-14,18H2,1H3,(H,26,27,28). The van der Waals surface area contributed by atoms with Crippen molar-refractivity contribution < 1.29 is 8.42 Å². The zero-order valence-electron chi connectivity index (χ0n) is 18.6. The Morgan fingerprint density at radius 1 is 1.00 bits per heavy atom. The highest BCUT2D eigenvalue weighted by atomic mass is 32.2. The van der Waals surface area contributed by atoms with Crippen LogP contribution in [0.4, 0.5) is 11.6 Å². The molecule has 8 heteroatoms. The van der Waals surface area contributed by atoms with Gasteiger partial charge >= 0.3 is 0 Å². The summed E-state index contributed by atoms with van der Waals surface area (Å²) < 4.78 is 25.4. The summed E-state index contributed by atoms with van der Waals surface area (Å²) in [6.07, 6.45) is 8.81. The smallest absolute Gasteiger partial charge is 0.229 e. The van der Waals surface area contributed by atoms with Gasteiger partial charge in [0.15, 0.2) is 9.84 Å². The van der Waals surface area contributed by atoms with Crippen LogP contribution >= 0.6 is 0 Å². The Hall–Kier alpha value is -3.23. The van der Waals surface area contributed by atoms with Crippen molar-refractivity contribution in [1.82, 2.24) is 19.4 Å². The second-order valence-electron chi connectivity index (χ2n) is 8.59. The Labute approximate surface area is 194 Å². The van der Waals surface area contributed by atoms with Gasteiger partial charge in [-0.2, -0.15) is 4.98 Å². The van der Waals surface area contributed by atoms with Gasteiger partial charge in [0.2, 0.25) is 5.95 Å². The molecule has 1 fully saturated rings. The number of piperidine rings is 1. The van der Waals surface area contributed by atoms with Crippen LogP contribution in [0.5, 0.6) is 0 Å². The number of rotatable bonds is 6. The molecule has 0 amide bonds. The molecular weight excluding hydrogens is 434 g/mol. The molecule has 0 saturated carbocycles. The molecule has 0 radical (unpaired) electrons. The first-order valence-corrected chi connectivity index (χ1v) is 13.1. The summed E-state index contributed by atoms with van der Waals surface area (Å²) in [5.41, 5.74) is 3.83. The number of hydrogen-bond acceptors (Lipinski definition) is 6. The maximum Gasteiger partial charge on any atom is 0.229 e. The van der Waals surface area contributed by atoms with Gasteiger partial charge in [0.05, 0.1) is 4.90 Å². The van der Waals surface area contributed by atoms with E-state index in [-0.39, 0.29) is 0 Å². The summed E-state index contributed by atoms with van der Waals surface area (Å²) in [6, 6.07) is 17.2. The molecule has 7 nitrogen and oxygen atoms in total. The second-order valence-corrected chi connectivity index (χ2v) is 10.6. The summed E-state index contributed by atoms with van der Waals surface area (Å²) >= 11 is 0. The highest BCUT2D eigenvalue weighted by molar-refractivity contribution is 7.90. The molecule has 1 saturated heterocycles. The van der Waals surface area contributed by atoms with Crippen LogP contribution in [0.2, 0.25) is 0 Å². The van der Waals surface area contributed by atoms with E-state index in [9.17, 15) is 8.42 Å². The number of anilines is 2. The van der Waals surface area contributed by atoms with Crippen molar-refractivity contribution in [2.24, 2.45) is 0 Å². The van der Waals surface area contributed by atoms with Crippen molar-refractivity contribution in [2.75, 3.05) is 24.7 Å². The van der Waals surface area contributed by atoms with E-state index in [0.29, 0.717) is 10.8 Å². The van der Waals surface area contributed by atoms with Crippen LogP contribution in [-0.2, 0) is 16.4 Å². The van der Waals surface area contributed by atoms with E-state index in [1.165, 1.54) is 44.2 Å². The maximum atomic E-state index is 11.8. The Morgan fingerprint density at radius 2 is 1.79 bits per heavy atom. The molecule has 4 aromatic rings. The summed E-state index contributed by atoms with van der Waals surface area (Å²) in [5.74, 6) is 0.519. The fraction of sp³-hybridized carbons (Fsp3) is 0.280. The van der Waals surface area contributed by atoms with E-state index in [1.807, 2.05) is 22.9 Å². The van der Waals surface area contributed by atoms with E-state index in [4.69, 9.17) is 4.98 Å². The number of nitrogens with zero attached hydrogens (tertiary/aromatic N) is 4. The molecule has 33 heavy (non-hydrogen) atoms. The normalized spacial score (nSPS) is 15.1. The first-order chi connectivity index (χ1) is 16.0. The maximum absolute atomic E-state index is 11.8. The highest BCUT2D eigenvalue weighted by Crippen LogP contribution is 2.23. The fourth-order valence-corrected chi connectivity index (χ4v) is 4.92. The number of sulfone groups is 1. The molecule has 0 atom stereocenters. The number of hydrogen-bond donors (Lipinski definition) is 1. The third kappa shape index (κ3) is 4.91. The number of likely N-dealkylation sites (tertiary alicyclic amines) is 1. The monoisotopic (exact) mass is 461 g/mol. The highest BCUT2D eigenvalue weighted by Gasteiger charge is 2.12. The van der Waals surface area contributed by atoms with E-state index in [2.05, 4.69) is 33.4 Å². The van der Waals surface area contributed by atoms with Gasteiger partial charge in [-0.3, -0.25) is 4.90 Å². The first-order valence-electron chi connectivity index (χ1n) is 11.2. The zero-order chi connectivity index (χ0) is 22.8. The quantitative estimate of drug-likeness (QED) is 0.454. The minimum Gasteiger partial charge on any atom is -0.324 e. The van der Waals surface area contributed by atoms with Crippen LogP contribution in [0.3, 0.4) is 0 Å². The van der Waals surface area contributed by atoms with Crippen LogP contribution in [0.25, 0.3) is 16.7 Å². The van der Waals surface area contributed by atoms with Gasteiger partial charge in [-0.05, 0) is 74.0 Å². The first kappa shape index (κ1) is 21.6. The molecule has 2 aromatic heterocycles. The van der Waals surface area contributed by atoms with Crippen LogP contribution in [0, 0.1) is 0 Å². The minimum atomic E-state index is -3.23. The van der Waals surface area contributed by atoms with Crippen LogP contribution < -0.4 is 5.32 Å². The topological polar surface area (TPSA) is 80.1 Å². The van der Waals surface area contributed by atoms with Gasteiger partial charge in [0.1, 0.15) is 5.65 Å². The largest absolute Gasteiger partial charge is 0.324 e. The minimum absolute atomic E-state index is 0.295. The second kappa shape index (κ2) is 8.96. The van der Waals surface area contributed by atoms with Crippen molar-refractivity contribution in [3.8, 4) is 5.69 Å². The molecule has 170 valence electrons. The number of fused-ring (bicyclic) bond motifs is 1. The van der Waals surface area contributed by atoms with Crippen LogP contribution in [-0.4, -0.2) is 47.2 Å². The molecule has 0 unspecified atom stereocenters. The van der Waals surface area contributed by atoms with E-state index in [1.54, 1.807) is 30.5 Å². The molecule has 1 aliphatic heterocycles. The molecule has 0 spiro atoms. The Kier molecular flexibility index (Phi) is 5.86. The predicted octanol–water partition coefficient (Wildman–Crippen LogP) is 4.55. The van der Waals surface area contributed by atoms with Gasteiger partial charge in [0.25, 0.3) is 0 Å². The van der Waals surface area contributed by atoms with Crippen molar-refractivity contribution in [1.29, 1.82) is 0 Å². The SMILES string of the molecule is CS(=O)(=O)c1ccc(-n2ccc3cnc(Nc4cccc(CN5CCCCC5)c4)nc32)cc1. The van der Waals surface area contributed by atoms with Crippen molar-refractivity contribution >= 4 is 32.5 Å². The average Bonchev–Trinajstić information content (AvgIpc) is 3.23. The molecular formula is C25H27N5O2S. The van der Waals surface area contributed by atoms with Gasteiger partial charge in [0, 0.05) is 42.0 Å². The average molecular weight is 462 g/mol. The molecule has 2 aromatic carbocycles. The fourth-order valence-electron chi connectivity index (χ4n) is 4.29. The van der Waals surface area contributed by atoms with Crippen LogP contribution in [0.15, 0.2) is 71.9 Å². The van der Waals surface area contributed by atoms with E-state index < -0.39 is 9.84 Å². The Bertz CT molecular complexity index is 1370. The van der Waals surface area contributed by atoms with Gasteiger partial charge in [-0.15, -0.1) is 0 Å². The summed E-state index contributed by atoms with van der Waals surface area (Å²) in [5, 5.41) is 4.25. The van der Waals surface area contributed by atoms with Crippen molar-refractivity contribution in [2.45, 2.75) is 30.7 Å². The third-order valence-electron chi connectivity index (χ3n) is 6.01. The summed E-state index contributed by atoms with van der Waals surface area (Å²) in [6.45, 7) is 3.29. The molecule has 5 rings (SSSR count). The lowest BCUT2D eigenvalue weighted by molar-refractivity contribution is 0.221. The lowest BCUT2D eigenvalue weighted by Crippen LogP contribution is -2.29. The summed E-state index contributed by atoms with van der Waals surface area (Å²) in [4.78, 5) is 12.0. The van der Waals surface area contributed by atoms with Crippen molar-refractivity contribution in [3.63, 3.8) is 0 Å². The predicted molar refractivity (Wildman–Crippen MR) is 131 cm³/mol. The lowest BCUT2D eigenvalue weighted by Gasteiger charge is -2.26. The van der Waals surface area contributed by atoms with Gasteiger partial charge < -0.3 is 9.88 Å². The molecule has 1 aliphatic rings. The number of aromatic nitrogens is 3. The van der Waals surface area contributed by atoms with E-state index >= 15 is 0 Å². The van der Waals surface area contributed by atoms with Crippen molar-refractivity contribution in [3.05, 3.63) is 72.6 Å². The zero-order valence-corrected chi connectivity index (χ0v) is 19.4. The Morgan fingerprint density at radius 3 is 2.55 bits per heavy atom. The molecule has 3 heterocycles. The van der Waals surface area contributed by atoms with E-state index in [0.717, 1.165) is 29.0 Å². The number of nitrogens with one attached hydrogen (secondary N) is 1.